The SMILES string of the molecule is C=C(C)C(=O)OC[Si](CCl)(CCl)OCC. The average Bonchev–Trinajstić information content (AvgIpc) is 2.23. The van der Waals surface area contributed by atoms with Crippen molar-refractivity contribution in [2.24, 2.45) is 0 Å². The lowest BCUT2D eigenvalue weighted by atomic mass is 10.4. The molecule has 3 nitrogen and oxygen atoms in total. The quantitative estimate of drug-likeness (QED) is 0.308. The van der Waals surface area contributed by atoms with Crippen molar-refractivity contribution in [2.75, 3.05) is 23.8 Å². The maximum atomic E-state index is 11.2. The Morgan fingerprint density at radius 1 is 1.40 bits per heavy atom. The Hall–Kier alpha value is -0.0331. The monoisotopic (exact) mass is 270 g/mol. The van der Waals surface area contributed by atoms with Gasteiger partial charge >= 0.3 is 5.97 Å². The van der Waals surface area contributed by atoms with Gasteiger partial charge in [0.1, 0.15) is 6.23 Å². The van der Waals surface area contributed by atoms with Crippen LogP contribution < -0.4 is 0 Å². The van der Waals surface area contributed by atoms with Crippen molar-refractivity contribution >= 4 is 37.5 Å². The standard InChI is InChI=1S/C9H16Cl2O3Si/c1-4-14-15(5-10,6-11)7-13-9(12)8(2)3/h2,4-7H2,1,3H3. The summed E-state index contributed by atoms with van der Waals surface area (Å²) in [6.45, 7) is 7.46. The molecule has 0 aromatic heterocycles. The molecule has 0 atom stereocenters. The Balaban J connectivity index is 4.28. The Morgan fingerprint density at radius 3 is 2.27 bits per heavy atom. The number of carbonyl (C=O) groups excluding carboxylic acids is 1. The summed E-state index contributed by atoms with van der Waals surface area (Å²) < 4.78 is 10.6. The molecule has 0 amide bonds. The van der Waals surface area contributed by atoms with Crippen LogP contribution in [0.1, 0.15) is 13.8 Å². The first-order valence-electron chi connectivity index (χ1n) is 4.60. The Bertz CT molecular complexity index is 229. The molecule has 0 aliphatic carbocycles. The highest BCUT2D eigenvalue weighted by atomic mass is 35.5. The third-order valence-electron chi connectivity index (χ3n) is 1.75. The summed E-state index contributed by atoms with van der Waals surface area (Å²) in [5.74, 6) is -0.429. The average molecular weight is 271 g/mol. The summed E-state index contributed by atoms with van der Waals surface area (Å²) in [5, 5.41) is 0. The van der Waals surface area contributed by atoms with E-state index < -0.39 is 14.3 Å². The molecule has 0 heterocycles. The van der Waals surface area contributed by atoms with Gasteiger partial charge < -0.3 is 9.16 Å². The van der Waals surface area contributed by atoms with Crippen LogP contribution in [0.5, 0.6) is 0 Å². The summed E-state index contributed by atoms with van der Waals surface area (Å²) in [6.07, 6.45) is 0.180. The predicted molar refractivity (Wildman–Crippen MR) is 64.6 cm³/mol. The highest BCUT2D eigenvalue weighted by Crippen LogP contribution is 2.11. The van der Waals surface area contributed by atoms with Crippen molar-refractivity contribution in [3.05, 3.63) is 12.2 Å². The molecule has 0 spiro atoms. The fourth-order valence-corrected chi connectivity index (χ4v) is 4.11. The van der Waals surface area contributed by atoms with E-state index in [2.05, 4.69) is 6.58 Å². The minimum atomic E-state index is -2.31. The van der Waals surface area contributed by atoms with Crippen molar-refractivity contribution in [3.8, 4) is 0 Å². The second-order valence-electron chi connectivity index (χ2n) is 3.24. The fourth-order valence-electron chi connectivity index (χ4n) is 0.858. The van der Waals surface area contributed by atoms with E-state index in [1.807, 2.05) is 6.92 Å². The van der Waals surface area contributed by atoms with Crippen molar-refractivity contribution in [1.29, 1.82) is 0 Å². The molecule has 88 valence electrons. The van der Waals surface area contributed by atoms with E-state index in [-0.39, 0.29) is 6.23 Å². The van der Waals surface area contributed by atoms with Crippen LogP contribution in [0.3, 0.4) is 0 Å². The van der Waals surface area contributed by atoms with E-state index in [0.717, 1.165) is 0 Å². The second kappa shape index (κ2) is 7.27. The zero-order valence-corrected chi connectivity index (χ0v) is 11.5. The lowest BCUT2D eigenvalue weighted by Crippen LogP contribution is -2.49. The maximum absolute atomic E-state index is 11.2. The lowest BCUT2D eigenvalue weighted by molar-refractivity contribution is -0.137. The third kappa shape index (κ3) is 5.02. The molecule has 0 saturated heterocycles. The van der Waals surface area contributed by atoms with Gasteiger partial charge in [0.05, 0.1) is 0 Å². The number of rotatable bonds is 7. The van der Waals surface area contributed by atoms with E-state index in [9.17, 15) is 4.79 Å². The molecule has 0 saturated carbocycles. The topological polar surface area (TPSA) is 35.5 Å². The van der Waals surface area contributed by atoms with Gasteiger partial charge in [-0.25, -0.2) is 4.79 Å². The molecule has 6 heteroatoms. The van der Waals surface area contributed by atoms with Crippen LogP contribution in [0.15, 0.2) is 12.2 Å². The number of ether oxygens (including phenoxy) is 1. The van der Waals surface area contributed by atoms with Gasteiger partial charge in [-0.05, 0) is 13.8 Å². The Kier molecular flexibility index (Phi) is 7.26. The lowest BCUT2D eigenvalue weighted by Gasteiger charge is -2.25. The fraction of sp³-hybridized carbons (Fsp3) is 0.667. The molecular weight excluding hydrogens is 255 g/mol. The summed E-state index contributed by atoms with van der Waals surface area (Å²) in [6, 6.07) is 0. The molecule has 0 rings (SSSR count). The van der Waals surface area contributed by atoms with E-state index >= 15 is 0 Å². The Morgan fingerprint density at radius 2 is 1.93 bits per heavy atom. The van der Waals surface area contributed by atoms with Crippen molar-refractivity contribution < 1.29 is 14.0 Å². The van der Waals surface area contributed by atoms with Crippen molar-refractivity contribution in [2.45, 2.75) is 13.8 Å². The number of carbonyl (C=O) groups is 1. The molecule has 0 aromatic carbocycles. The summed E-state index contributed by atoms with van der Waals surface area (Å²) in [4.78, 5) is 11.2. The highest BCUT2D eigenvalue weighted by molar-refractivity contribution is 6.85. The Labute approximate surface area is 101 Å². The van der Waals surface area contributed by atoms with Gasteiger partial charge in [0.15, 0.2) is 0 Å². The molecule has 0 aliphatic rings. The normalized spacial score (nSPS) is 11.2. The van der Waals surface area contributed by atoms with Gasteiger partial charge in [-0.2, -0.15) is 0 Å². The zero-order valence-electron chi connectivity index (χ0n) is 9.02. The van der Waals surface area contributed by atoms with Crippen molar-refractivity contribution in [1.82, 2.24) is 0 Å². The molecule has 0 radical (unpaired) electrons. The van der Waals surface area contributed by atoms with Gasteiger partial charge in [0.25, 0.3) is 8.32 Å². The first-order chi connectivity index (χ1) is 7.01. The molecular formula is C9H16Cl2O3Si. The molecule has 0 aromatic rings. The number of esters is 1. The van der Waals surface area contributed by atoms with Crippen LogP contribution in [0.4, 0.5) is 0 Å². The third-order valence-corrected chi connectivity index (χ3v) is 7.22. The molecule has 0 bridgehead atoms. The van der Waals surface area contributed by atoms with E-state index in [0.29, 0.717) is 23.2 Å². The molecule has 15 heavy (non-hydrogen) atoms. The van der Waals surface area contributed by atoms with E-state index in [1.165, 1.54) is 0 Å². The maximum Gasteiger partial charge on any atom is 0.332 e. The first-order valence-corrected chi connectivity index (χ1v) is 8.19. The zero-order chi connectivity index (χ0) is 11.9. The van der Waals surface area contributed by atoms with Gasteiger partial charge in [0.2, 0.25) is 0 Å². The van der Waals surface area contributed by atoms with Gasteiger partial charge in [-0.15, -0.1) is 23.2 Å². The van der Waals surface area contributed by atoms with Crippen LogP contribution in [-0.2, 0) is 14.0 Å². The van der Waals surface area contributed by atoms with Crippen LogP contribution in [-0.4, -0.2) is 38.1 Å². The smallest absolute Gasteiger partial charge is 0.332 e. The van der Waals surface area contributed by atoms with Crippen LogP contribution >= 0.6 is 23.2 Å². The summed E-state index contributed by atoms with van der Waals surface area (Å²) in [7, 11) is -2.31. The number of hydrogen-bond donors (Lipinski definition) is 0. The summed E-state index contributed by atoms with van der Waals surface area (Å²) in [5.41, 5.74) is 0.986. The highest BCUT2D eigenvalue weighted by Gasteiger charge is 2.35. The van der Waals surface area contributed by atoms with Gasteiger partial charge in [-0.3, -0.25) is 0 Å². The van der Waals surface area contributed by atoms with Gasteiger partial charge in [-0.1, -0.05) is 6.58 Å². The summed E-state index contributed by atoms with van der Waals surface area (Å²) >= 11 is 11.6. The number of alkyl halides is 2. The number of halogens is 2. The minimum absolute atomic E-state index is 0.180. The van der Waals surface area contributed by atoms with Gasteiger partial charge in [0, 0.05) is 23.2 Å². The molecule has 0 unspecified atom stereocenters. The minimum Gasteiger partial charge on any atom is -0.463 e. The number of hydrogen-bond acceptors (Lipinski definition) is 3. The van der Waals surface area contributed by atoms with Crippen LogP contribution in [0.2, 0.25) is 0 Å². The van der Waals surface area contributed by atoms with Crippen molar-refractivity contribution in [3.63, 3.8) is 0 Å². The first kappa shape index (κ1) is 15.0. The largest absolute Gasteiger partial charge is 0.463 e. The van der Waals surface area contributed by atoms with Crippen LogP contribution in [0, 0.1) is 0 Å². The predicted octanol–water partition coefficient (Wildman–Crippen LogP) is 2.18. The second-order valence-corrected chi connectivity index (χ2v) is 8.32. The van der Waals surface area contributed by atoms with E-state index in [4.69, 9.17) is 32.4 Å². The molecule has 0 N–H and O–H groups in total. The van der Waals surface area contributed by atoms with E-state index in [1.54, 1.807) is 6.92 Å². The van der Waals surface area contributed by atoms with Crippen LogP contribution in [0.25, 0.3) is 0 Å². The molecule has 0 aliphatic heterocycles. The molecule has 0 fully saturated rings.